The van der Waals surface area contributed by atoms with Gasteiger partial charge in [0, 0.05) is 24.5 Å². The summed E-state index contributed by atoms with van der Waals surface area (Å²) in [6.45, 7) is 8.68. The van der Waals surface area contributed by atoms with Crippen molar-refractivity contribution in [3.8, 4) is 0 Å². The monoisotopic (exact) mass is 389 g/mol. The van der Waals surface area contributed by atoms with E-state index in [9.17, 15) is 13.2 Å². The number of rotatable bonds is 5. The van der Waals surface area contributed by atoms with Crippen molar-refractivity contribution < 1.29 is 13.2 Å². The predicted molar refractivity (Wildman–Crippen MR) is 107 cm³/mol. The van der Waals surface area contributed by atoms with Crippen LogP contribution in [0.1, 0.15) is 59.9 Å². The van der Waals surface area contributed by atoms with Gasteiger partial charge in [-0.15, -0.1) is 0 Å². The summed E-state index contributed by atoms with van der Waals surface area (Å²) in [4.78, 5) is 15.9. The van der Waals surface area contributed by atoms with Crippen LogP contribution in [-0.2, 0) is 10.0 Å². The summed E-state index contributed by atoms with van der Waals surface area (Å²) >= 11 is 0. The van der Waals surface area contributed by atoms with Gasteiger partial charge in [-0.25, -0.2) is 8.42 Å². The van der Waals surface area contributed by atoms with Gasteiger partial charge in [-0.1, -0.05) is 26.0 Å². The number of hydrogen-bond donors (Lipinski definition) is 2. The van der Waals surface area contributed by atoms with Gasteiger partial charge in [0.05, 0.1) is 0 Å². The van der Waals surface area contributed by atoms with Crippen LogP contribution in [0.2, 0.25) is 0 Å². The number of aryl methyl sites for hydroxylation is 1. The Labute approximate surface area is 161 Å². The number of hydrogen-bond acceptors (Lipinski definition) is 3. The van der Waals surface area contributed by atoms with Crippen molar-refractivity contribution in [3.63, 3.8) is 0 Å². The lowest BCUT2D eigenvalue weighted by Crippen LogP contribution is -2.28. The van der Waals surface area contributed by atoms with Crippen molar-refractivity contribution in [1.82, 2.24) is 9.29 Å². The lowest BCUT2D eigenvalue weighted by molar-refractivity contribution is 0.102. The standard InChI is InChI=1S/C20H27N3O3S/c1-13(2)16-7-9-17(10-8-16)22-20(24)18-14(3)19(15(4)21-18)27(25,26)23-11-5-6-12-23/h7-10,13,21H,5-6,11-12H2,1-4H3,(H,22,24). The molecule has 7 heteroatoms. The Morgan fingerprint density at radius 1 is 1.11 bits per heavy atom. The molecule has 0 unspecified atom stereocenters. The van der Waals surface area contributed by atoms with Crippen LogP contribution in [0.25, 0.3) is 0 Å². The van der Waals surface area contributed by atoms with Gasteiger partial charge >= 0.3 is 0 Å². The molecule has 0 radical (unpaired) electrons. The number of H-pyrrole nitrogens is 1. The smallest absolute Gasteiger partial charge is 0.272 e. The summed E-state index contributed by atoms with van der Waals surface area (Å²) < 4.78 is 27.4. The van der Waals surface area contributed by atoms with Crippen molar-refractivity contribution in [1.29, 1.82) is 0 Å². The molecule has 146 valence electrons. The van der Waals surface area contributed by atoms with E-state index in [0.717, 1.165) is 12.8 Å². The Bertz CT molecular complexity index is 938. The third-order valence-electron chi connectivity index (χ3n) is 5.09. The molecule has 1 aromatic heterocycles. The number of anilines is 1. The highest BCUT2D eigenvalue weighted by Crippen LogP contribution is 2.29. The maximum Gasteiger partial charge on any atom is 0.272 e. The number of nitrogens with one attached hydrogen (secondary N) is 2. The van der Waals surface area contributed by atoms with E-state index in [-0.39, 0.29) is 10.8 Å². The molecule has 2 N–H and O–H groups in total. The second-order valence-corrected chi connectivity index (χ2v) is 9.30. The van der Waals surface area contributed by atoms with E-state index in [1.165, 1.54) is 9.87 Å². The minimum Gasteiger partial charge on any atom is -0.353 e. The number of amides is 1. The van der Waals surface area contributed by atoms with Crippen molar-refractivity contribution in [2.45, 2.75) is 51.3 Å². The summed E-state index contributed by atoms with van der Waals surface area (Å²) in [5, 5.41) is 2.85. The number of aromatic amines is 1. The number of sulfonamides is 1. The largest absolute Gasteiger partial charge is 0.353 e. The fraction of sp³-hybridized carbons (Fsp3) is 0.450. The Morgan fingerprint density at radius 3 is 2.26 bits per heavy atom. The first-order valence-corrected chi connectivity index (χ1v) is 10.8. The van der Waals surface area contributed by atoms with Crippen LogP contribution in [0.3, 0.4) is 0 Å². The topological polar surface area (TPSA) is 82.3 Å². The lowest BCUT2D eigenvalue weighted by Gasteiger charge is -2.16. The van der Waals surface area contributed by atoms with Crippen LogP contribution in [0, 0.1) is 13.8 Å². The van der Waals surface area contributed by atoms with Crippen molar-refractivity contribution in [2.75, 3.05) is 18.4 Å². The maximum absolute atomic E-state index is 12.9. The van der Waals surface area contributed by atoms with Crippen LogP contribution < -0.4 is 5.32 Å². The fourth-order valence-electron chi connectivity index (χ4n) is 3.55. The lowest BCUT2D eigenvalue weighted by atomic mass is 10.0. The molecule has 2 heterocycles. The minimum atomic E-state index is -3.58. The zero-order chi connectivity index (χ0) is 19.8. The molecular formula is C20H27N3O3S. The summed E-state index contributed by atoms with van der Waals surface area (Å²) in [5.74, 6) is 0.0807. The molecule has 2 aromatic rings. The predicted octanol–water partition coefficient (Wildman–Crippen LogP) is 3.79. The minimum absolute atomic E-state index is 0.227. The number of aromatic nitrogens is 1. The summed E-state index contributed by atoms with van der Waals surface area (Å²) in [7, 11) is -3.58. The Kier molecular flexibility index (Phi) is 5.44. The van der Waals surface area contributed by atoms with E-state index < -0.39 is 10.0 Å². The summed E-state index contributed by atoms with van der Waals surface area (Å²) in [6, 6.07) is 7.69. The summed E-state index contributed by atoms with van der Waals surface area (Å²) in [5.41, 5.74) is 3.13. The maximum atomic E-state index is 12.9. The van der Waals surface area contributed by atoms with Crippen LogP contribution in [0.15, 0.2) is 29.2 Å². The first kappa shape index (κ1) is 19.6. The van der Waals surface area contributed by atoms with E-state index >= 15 is 0 Å². The highest BCUT2D eigenvalue weighted by atomic mass is 32.2. The number of carbonyl (C=O) groups is 1. The Balaban J connectivity index is 1.86. The van der Waals surface area contributed by atoms with Crippen molar-refractivity contribution in [2.24, 2.45) is 0 Å². The van der Waals surface area contributed by atoms with Gasteiger partial charge in [0.15, 0.2) is 0 Å². The van der Waals surface area contributed by atoms with E-state index in [1.807, 2.05) is 24.3 Å². The van der Waals surface area contributed by atoms with E-state index in [0.29, 0.717) is 41.6 Å². The molecule has 3 rings (SSSR count). The van der Waals surface area contributed by atoms with Gasteiger partial charge in [-0.3, -0.25) is 4.79 Å². The molecule has 0 aliphatic carbocycles. The molecule has 6 nitrogen and oxygen atoms in total. The van der Waals surface area contributed by atoms with Gasteiger partial charge in [0.25, 0.3) is 5.91 Å². The van der Waals surface area contributed by atoms with Crippen LogP contribution in [-0.4, -0.2) is 36.7 Å². The van der Waals surface area contributed by atoms with Crippen molar-refractivity contribution in [3.05, 3.63) is 46.8 Å². The molecule has 0 bridgehead atoms. The van der Waals surface area contributed by atoms with Gasteiger partial charge < -0.3 is 10.3 Å². The first-order valence-electron chi connectivity index (χ1n) is 9.32. The van der Waals surface area contributed by atoms with Crippen molar-refractivity contribution >= 4 is 21.6 Å². The van der Waals surface area contributed by atoms with E-state index in [4.69, 9.17) is 0 Å². The van der Waals surface area contributed by atoms with Crippen LogP contribution in [0.5, 0.6) is 0 Å². The quantitative estimate of drug-likeness (QED) is 0.816. The number of nitrogens with zero attached hydrogens (tertiary/aromatic N) is 1. The Morgan fingerprint density at radius 2 is 1.70 bits per heavy atom. The molecule has 1 fully saturated rings. The molecule has 1 amide bonds. The van der Waals surface area contributed by atoms with E-state index in [2.05, 4.69) is 24.1 Å². The highest BCUT2D eigenvalue weighted by molar-refractivity contribution is 7.89. The molecule has 0 atom stereocenters. The Hall–Kier alpha value is -2.12. The molecule has 27 heavy (non-hydrogen) atoms. The second kappa shape index (κ2) is 7.48. The normalized spacial score (nSPS) is 15.4. The third kappa shape index (κ3) is 3.80. The number of benzene rings is 1. The van der Waals surface area contributed by atoms with Gasteiger partial charge in [0.2, 0.25) is 10.0 Å². The fourth-order valence-corrected chi connectivity index (χ4v) is 5.47. The summed E-state index contributed by atoms with van der Waals surface area (Å²) in [6.07, 6.45) is 1.75. The molecule has 1 aliphatic heterocycles. The third-order valence-corrected chi connectivity index (χ3v) is 7.27. The molecule has 1 saturated heterocycles. The molecule has 1 aliphatic rings. The van der Waals surface area contributed by atoms with Gasteiger partial charge in [0.1, 0.15) is 10.6 Å². The van der Waals surface area contributed by atoms with Crippen LogP contribution >= 0.6 is 0 Å². The zero-order valence-corrected chi connectivity index (χ0v) is 17.1. The average molecular weight is 390 g/mol. The highest BCUT2D eigenvalue weighted by Gasteiger charge is 2.33. The second-order valence-electron chi connectivity index (χ2n) is 7.42. The van der Waals surface area contributed by atoms with Gasteiger partial charge in [-0.05, 0) is 55.9 Å². The molecule has 1 aromatic carbocycles. The first-order chi connectivity index (χ1) is 12.7. The zero-order valence-electron chi connectivity index (χ0n) is 16.3. The average Bonchev–Trinajstić information content (AvgIpc) is 3.24. The van der Waals surface area contributed by atoms with Gasteiger partial charge in [-0.2, -0.15) is 4.31 Å². The SMILES string of the molecule is Cc1[nH]c(C(=O)Nc2ccc(C(C)C)cc2)c(C)c1S(=O)(=O)N1CCCC1. The number of carbonyl (C=O) groups excluding carboxylic acids is 1. The molecule has 0 spiro atoms. The van der Waals surface area contributed by atoms with E-state index in [1.54, 1.807) is 13.8 Å². The molecular weight excluding hydrogens is 362 g/mol. The molecule has 0 saturated carbocycles. The van der Waals surface area contributed by atoms with Crippen LogP contribution in [0.4, 0.5) is 5.69 Å².